The van der Waals surface area contributed by atoms with Gasteiger partial charge >= 0.3 is 11.9 Å². The molecule has 0 aromatic rings. The van der Waals surface area contributed by atoms with Gasteiger partial charge in [-0.15, -0.1) is 0 Å². The van der Waals surface area contributed by atoms with E-state index in [9.17, 15) is 19.5 Å². The summed E-state index contributed by atoms with van der Waals surface area (Å²) in [6.07, 6.45) is 91.2. The molecule has 0 saturated heterocycles. The van der Waals surface area contributed by atoms with Crippen LogP contribution in [0.5, 0.6) is 0 Å². The lowest BCUT2D eigenvalue weighted by atomic mass is 10.0. The number of hydrogen-bond acceptors (Lipinski definition) is 8. The first-order valence-corrected chi connectivity index (χ1v) is 34.3. The Labute approximate surface area is 522 Å². The molecule has 0 fully saturated rings. The number of likely N-dealkylation sites (N-methyl/N-ethyl adjacent to an activating group) is 1. The van der Waals surface area contributed by atoms with Crippen molar-refractivity contribution in [2.24, 2.45) is 0 Å². The summed E-state index contributed by atoms with van der Waals surface area (Å²) in [6, 6.07) is 0. The first kappa shape index (κ1) is 80.4. The van der Waals surface area contributed by atoms with Crippen LogP contribution < -0.4 is 5.11 Å². The van der Waals surface area contributed by atoms with Crippen molar-refractivity contribution in [2.45, 2.75) is 283 Å². The second kappa shape index (κ2) is 65.4. The van der Waals surface area contributed by atoms with Gasteiger partial charge in [0, 0.05) is 12.8 Å². The van der Waals surface area contributed by atoms with Gasteiger partial charge in [-0.1, -0.05) is 282 Å². The Balaban J connectivity index is 4.04. The quantitative estimate of drug-likeness (QED) is 0.0195. The van der Waals surface area contributed by atoms with Crippen molar-refractivity contribution in [2.75, 3.05) is 47.5 Å². The minimum atomic E-state index is -1.63. The van der Waals surface area contributed by atoms with Gasteiger partial charge in [-0.2, -0.15) is 0 Å². The molecule has 9 heteroatoms. The van der Waals surface area contributed by atoms with Crippen LogP contribution in [0.4, 0.5) is 0 Å². The molecule has 0 radical (unpaired) electrons. The fourth-order valence-corrected chi connectivity index (χ4v) is 9.22. The molecule has 0 saturated carbocycles. The van der Waals surface area contributed by atoms with Crippen LogP contribution >= 0.6 is 0 Å². The number of carboxylic acid groups (broad SMARTS) is 1. The zero-order chi connectivity index (χ0) is 61.9. The number of carbonyl (C=O) groups excluding carboxylic acids is 3. The standard InChI is InChI=1S/C76H127NO8/c1-6-8-10-12-14-16-18-20-22-24-26-27-28-29-30-31-32-33-34-35-36-37-38-39-40-41-42-43-44-45-46-47-49-51-53-55-57-59-61-63-65-67-74(79)85-72(71-84-76(75(80)81)82-69-68-77(3,4)5)70-83-73(78)66-64-62-60-58-56-54-52-50-48-25-23-21-19-17-15-13-11-9-7-2/h8-11,14-17,20-23,26-27,29-30,32-33,48,50,54,56,72,76H,6-7,12-13,18-19,24-25,28,31,34-47,49,51-53,55,57-71H2,1-5H3/b10-8-,11-9-,16-14-,17-15-,22-20-,23-21-,27-26-,30-29-,33-32-,50-48-,56-54-. The molecule has 0 aromatic heterocycles. The highest BCUT2D eigenvalue weighted by molar-refractivity contribution is 5.70. The van der Waals surface area contributed by atoms with Gasteiger partial charge in [-0.25, -0.2) is 0 Å². The second-order valence-corrected chi connectivity index (χ2v) is 23.7. The van der Waals surface area contributed by atoms with Gasteiger partial charge in [0.15, 0.2) is 12.4 Å². The predicted molar refractivity (Wildman–Crippen MR) is 361 cm³/mol. The maximum Gasteiger partial charge on any atom is 0.306 e. The fraction of sp³-hybridized carbons (Fsp3) is 0.671. The van der Waals surface area contributed by atoms with E-state index in [1.807, 2.05) is 21.1 Å². The molecule has 484 valence electrons. The lowest BCUT2D eigenvalue weighted by molar-refractivity contribution is -0.870. The number of rotatable bonds is 62. The van der Waals surface area contributed by atoms with Crippen molar-refractivity contribution in [3.8, 4) is 0 Å². The average molecular weight is 1180 g/mol. The van der Waals surface area contributed by atoms with Crippen LogP contribution in [0.2, 0.25) is 0 Å². The summed E-state index contributed by atoms with van der Waals surface area (Å²) in [4.78, 5) is 37.4. The van der Waals surface area contributed by atoms with Crippen LogP contribution in [0, 0.1) is 0 Å². The molecule has 2 atom stereocenters. The monoisotopic (exact) mass is 1180 g/mol. The highest BCUT2D eigenvalue weighted by Crippen LogP contribution is 2.17. The highest BCUT2D eigenvalue weighted by Gasteiger charge is 2.22. The predicted octanol–water partition coefficient (Wildman–Crippen LogP) is 20.0. The van der Waals surface area contributed by atoms with Crippen molar-refractivity contribution in [3.63, 3.8) is 0 Å². The molecular formula is C76H127NO8. The number of allylic oxidation sites excluding steroid dienone is 22. The van der Waals surface area contributed by atoms with Gasteiger partial charge in [0.1, 0.15) is 13.2 Å². The van der Waals surface area contributed by atoms with E-state index < -0.39 is 24.3 Å². The van der Waals surface area contributed by atoms with Crippen molar-refractivity contribution >= 4 is 17.9 Å². The smallest absolute Gasteiger partial charge is 0.306 e. The first-order valence-electron chi connectivity index (χ1n) is 34.3. The molecule has 0 N–H and O–H groups in total. The van der Waals surface area contributed by atoms with E-state index in [0.717, 1.165) is 109 Å². The van der Waals surface area contributed by atoms with Gasteiger partial charge in [-0.3, -0.25) is 9.59 Å². The van der Waals surface area contributed by atoms with Crippen molar-refractivity contribution in [3.05, 3.63) is 134 Å². The van der Waals surface area contributed by atoms with Crippen LogP contribution in [-0.4, -0.2) is 82.3 Å². The molecule has 2 unspecified atom stereocenters. The fourth-order valence-electron chi connectivity index (χ4n) is 9.22. The highest BCUT2D eigenvalue weighted by atomic mass is 16.7. The van der Waals surface area contributed by atoms with Crippen LogP contribution in [0.15, 0.2) is 134 Å². The molecule has 0 aliphatic rings. The molecule has 0 spiro atoms. The summed E-state index contributed by atoms with van der Waals surface area (Å²) in [7, 11) is 5.91. The number of unbranched alkanes of at least 4 members (excludes halogenated alkanes) is 25. The Bertz CT molecular complexity index is 1860. The number of aliphatic carboxylic acids is 1. The Morgan fingerprint density at radius 3 is 0.953 bits per heavy atom. The van der Waals surface area contributed by atoms with Crippen molar-refractivity contribution in [1.29, 1.82) is 0 Å². The summed E-state index contributed by atoms with van der Waals surface area (Å²) in [5.74, 6) is -2.33. The van der Waals surface area contributed by atoms with Gasteiger partial charge in [0.05, 0.1) is 40.3 Å². The Morgan fingerprint density at radius 1 is 0.353 bits per heavy atom. The third-order valence-corrected chi connectivity index (χ3v) is 14.4. The Kier molecular flexibility index (Phi) is 61.9. The number of quaternary nitrogens is 1. The van der Waals surface area contributed by atoms with Gasteiger partial charge in [0.2, 0.25) is 0 Å². The second-order valence-electron chi connectivity index (χ2n) is 23.7. The summed E-state index contributed by atoms with van der Waals surface area (Å²) in [5, 5.41) is 11.8. The van der Waals surface area contributed by atoms with E-state index in [4.69, 9.17) is 18.9 Å². The maximum atomic E-state index is 12.9. The SMILES string of the molecule is CC/C=C\C/C=C\C/C=C\C/C=C\C/C=C\C/C=C\CCCCCCCCCCCCCCCCCCCCCCCCC(=O)OC(COC(=O)CCCCC/C=C\C/C=C\C/C=C\C/C=C\C/C=C\CC)COC(OCC[N+](C)(C)C)C(=O)[O-]. The molecule has 85 heavy (non-hydrogen) atoms. The van der Waals surface area contributed by atoms with Gasteiger partial charge in [-0.05, 0) is 109 Å². The van der Waals surface area contributed by atoms with Gasteiger partial charge in [0.25, 0.3) is 0 Å². The Hall–Kier alpha value is -4.57. The van der Waals surface area contributed by atoms with E-state index in [-0.39, 0.29) is 38.6 Å². The molecule has 0 bridgehead atoms. The first-order chi connectivity index (χ1) is 41.6. The number of ether oxygens (including phenoxy) is 4. The summed E-state index contributed by atoms with van der Waals surface area (Å²) in [6.45, 7) is 4.48. The number of hydrogen-bond donors (Lipinski definition) is 0. The van der Waals surface area contributed by atoms with E-state index in [1.54, 1.807) is 0 Å². The normalized spacial score (nSPS) is 13.6. The molecule has 0 aliphatic carbocycles. The van der Waals surface area contributed by atoms with E-state index >= 15 is 0 Å². The molecule has 9 nitrogen and oxygen atoms in total. The van der Waals surface area contributed by atoms with Gasteiger partial charge < -0.3 is 33.3 Å². The third-order valence-electron chi connectivity index (χ3n) is 14.4. The molecule has 0 rings (SSSR count). The number of carboxylic acids is 1. The summed E-state index contributed by atoms with van der Waals surface area (Å²) in [5.41, 5.74) is 0. The molecule has 0 aliphatic heterocycles. The van der Waals surface area contributed by atoms with E-state index in [1.165, 1.54) is 122 Å². The lowest BCUT2D eigenvalue weighted by Crippen LogP contribution is -2.44. The lowest BCUT2D eigenvalue weighted by Gasteiger charge is -2.26. The van der Waals surface area contributed by atoms with E-state index in [2.05, 4.69) is 148 Å². The van der Waals surface area contributed by atoms with Crippen LogP contribution in [0.1, 0.15) is 271 Å². The molecule has 0 amide bonds. The topological polar surface area (TPSA) is 111 Å². The zero-order valence-electron chi connectivity index (χ0n) is 55.2. The third kappa shape index (κ3) is 66.8. The maximum absolute atomic E-state index is 12.9. The molecule has 0 aromatic carbocycles. The zero-order valence-corrected chi connectivity index (χ0v) is 55.2. The molecular weight excluding hydrogens is 1050 g/mol. The van der Waals surface area contributed by atoms with Crippen molar-refractivity contribution < 1.29 is 42.9 Å². The summed E-state index contributed by atoms with van der Waals surface area (Å²) < 4.78 is 22.7. The minimum absolute atomic E-state index is 0.138. The number of carbonyl (C=O) groups is 3. The van der Waals surface area contributed by atoms with E-state index in [0.29, 0.717) is 23.9 Å². The largest absolute Gasteiger partial charge is 0.545 e. The molecule has 0 heterocycles. The number of nitrogens with zero attached hydrogens (tertiary/aromatic N) is 1. The average Bonchev–Trinajstić information content (AvgIpc) is 3.49. The Morgan fingerprint density at radius 2 is 0.635 bits per heavy atom. The number of esters is 2. The minimum Gasteiger partial charge on any atom is -0.545 e. The van der Waals surface area contributed by atoms with Crippen LogP contribution in [0.25, 0.3) is 0 Å². The van der Waals surface area contributed by atoms with Crippen LogP contribution in [-0.2, 0) is 33.3 Å². The van der Waals surface area contributed by atoms with Crippen LogP contribution in [0.3, 0.4) is 0 Å². The van der Waals surface area contributed by atoms with Crippen molar-refractivity contribution in [1.82, 2.24) is 0 Å². The summed E-state index contributed by atoms with van der Waals surface area (Å²) >= 11 is 0.